The van der Waals surface area contributed by atoms with E-state index < -0.39 is 0 Å². The first-order chi connectivity index (χ1) is 10.6. The second-order valence-electron chi connectivity index (χ2n) is 4.76. The van der Waals surface area contributed by atoms with Crippen molar-refractivity contribution in [2.45, 2.75) is 0 Å². The third kappa shape index (κ3) is 2.69. The molecule has 1 fully saturated rings. The number of likely N-dealkylation sites (N-methyl/N-ethyl adjacent to an activating group) is 1. The molecule has 0 atom stereocenters. The van der Waals surface area contributed by atoms with Crippen molar-refractivity contribution in [2.75, 3.05) is 14.1 Å². The molecular formula is C16H14ClN3OS. The van der Waals surface area contributed by atoms with E-state index in [1.165, 1.54) is 11.8 Å². The zero-order valence-corrected chi connectivity index (χ0v) is 13.7. The Bertz CT molecular complexity index is 777. The van der Waals surface area contributed by atoms with Crippen LogP contribution in [-0.2, 0) is 4.79 Å². The number of carbonyl (C=O) groups excluding carboxylic acids is 1. The van der Waals surface area contributed by atoms with E-state index in [9.17, 15) is 4.79 Å². The van der Waals surface area contributed by atoms with Gasteiger partial charge in [0.05, 0.1) is 4.91 Å². The van der Waals surface area contributed by atoms with E-state index >= 15 is 0 Å². The topological polar surface area (TPSA) is 37.6 Å². The number of aliphatic imine (C=N–C) groups is 1. The minimum Gasteiger partial charge on any atom is -0.317 e. The van der Waals surface area contributed by atoms with Crippen LogP contribution in [0.4, 0.5) is 0 Å². The fourth-order valence-corrected chi connectivity index (χ4v) is 3.27. The Morgan fingerprint density at radius 3 is 2.59 bits per heavy atom. The highest BCUT2D eigenvalue weighted by Gasteiger charge is 2.29. The van der Waals surface area contributed by atoms with Crippen LogP contribution in [-0.4, -0.2) is 34.6 Å². The molecule has 112 valence electrons. The van der Waals surface area contributed by atoms with Gasteiger partial charge in [0.15, 0.2) is 5.17 Å². The van der Waals surface area contributed by atoms with Gasteiger partial charge in [-0.1, -0.05) is 11.6 Å². The molecule has 0 radical (unpaired) electrons. The molecule has 0 N–H and O–H groups in total. The summed E-state index contributed by atoms with van der Waals surface area (Å²) in [7, 11) is 3.42. The van der Waals surface area contributed by atoms with Crippen molar-refractivity contribution in [1.82, 2.24) is 9.47 Å². The largest absolute Gasteiger partial charge is 0.317 e. The van der Waals surface area contributed by atoms with E-state index in [1.54, 1.807) is 19.0 Å². The maximum atomic E-state index is 12.2. The summed E-state index contributed by atoms with van der Waals surface area (Å²) in [6.07, 6.45) is 3.84. The molecule has 1 amide bonds. The average molecular weight is 332 g/mol. The predicted molar refractivity (Wildman–Crippen MR) is 92.5 cm³/mol. The molecule has 4 nitrogen and oxygen atoms in total. The Morgan fingerprint density at radius 1 is 1.23 bits per heavy atom. The van der Waals surface area contributed by atoms with Gasteiger partial charge in [0, 0.05) is 36.7 Å². The van der Waals surface area contributed by atoms with Crippen LogP contribution in [0.1, 0.15) is 5.69 Å². The summed E-state index contributed by atoms with van der Waals surface area (Å²) in [5.74, 6) is -0.0329. The normalized spacial score (nSPS) is 18.7. The van der Waals surface area contributed by atoms with Gasteiger partial charge in [-0.3, -0.25) is 14.7 Å². The van der Waals surface area contributed by atoms with Crippen LogP contribution in [0.5, 0.6) is 0 Å². The highest BCUT2D eigenvalue weighted by molar-refractivity contribution is 8.18. The van der Waals surface area contributed by atoms with Crippen LogP contribution in [0.15, 0.2) is 52.5 Å². The van der Waals surface area contributed by atoms with E-state index in [0.717, 1.165) is 11.4 Å². The van der Waals surface area contributed by atoms with Crippen molar-refractivity contribution < 1.29 is 4.79 Å². The lowest BCUT2D eigenvalue weighted by atomic mass is 10.3. The number of halogens is 1. The maximum Gasteiger partial charge on any atom is 0.266 e. The van der Waals surface area contributed by atoms with Crippen molar-refractivity contribution in [3.8, 4) is 5.69 Å². The molecule has 1 saturated heterocycles. The molecule has 0 aliphatic carbocycles. The summed E-state index contributed by atoms with van der Waals surface area (Å²) in [6.45, 7) is 0. The molecular weight excluding hydrogens is 318 g/mol. The number of nitrogens with zero attached hydrogens (tertiary/aromatic N) is 3. The molecule has 2 aromatic rings. The van der Waals surface area contributed by atoms with E-state index in [1.807, 2.05) is 53.2 Å². The summed E-state index contributed by atoms with van der Waals surface area (Å²) in [6, 6.07) is 11.5. The Morgan fingerprint density at radius 2 is 1.95 bits per heavy atom. The van der Waals surface area contributed by atoms with Crippen molar-refractivity contribution in [3.05, 3.63) is 58.2 Å². The summed E-state index contributed by atoms with van der Waals surface area (Å²) in [5, 5.41) is 1.41. The molecule has 0 spiro atoms. The molecule has 1 aromatic carbocycles. The molecule has 0 saturated carbocycles. The van der Waals surface area contributed by atoms with E-state index in [2.05, 4.69) is 4.99 Å². The lowest BCUT2D eigenvalue weighted by Crippen LogP contribution is -2.23. The zero-order chi connectivity index (χ0) is 15.7. The number of amides is 1. The van der Waals surface area contributed by atoms with Gasteiger partial charge < -0.3 is 4.57 Å². The lowest BCUT2D eigenvalue weighted by Gasteiger charge is -2.07. The molecule has 6 heteroatoms. The number of aromatic nitrogens is 1. The summed E-state index contributed by atoms with van der Waals surface area (Å²) in [4.78, 5) is 18.6. The van der Waals surface area contributed by atoms with Crippen LogP contribution < -0.4 is 0 Å². The van der Waals surface area contributed by atoms with Gasteiger partial charge in [0.25, 0.3) is 5.91 Å². The molecule has 22 heavy (non-hydrogen) atoms. The van der Waals surface area contributed by atoms with Gasteiger partial charge in [-0.25, -0.2) is 0 Å². The number of thioether (sulfide) groups is 1. The van der Waals surface area contributed by atoms with Gasteiger partial charge in [-0.2, -0.15) is 0 Å². The fraction of sp³-hybridized carbons (Fsp3) is 0.125. The number of rotatable bonds is 2. The number of hydrogen-bond acceptors (Lipinski definition) is 3. The van der Waals surface area contributed by atoms with Gasteiger partial charge in [-0.15, -0.1) is 0 Å². The number of hydrogen-bond donors (Lipinski definition) is 0. The van der Waals surface area contributed by atoms with Crippen molar-refractivity contribution >= 4 is 40.5 Å². The summed E-state index contributed by atoms with van der Waals surface area (Å²) < 4.78 is 2.01. The maximum absolute atomic E-state index is 12.2. The van der Waals surface area contributed by atoms with E-state index in [0.29, 0.717) is 15.1 Å². The monoisotopic (exact) mass is 331 g/mol. The van der Waals surface area contributed by atoms with Gasteiger partial charge in [0.2, 0.25) is 0 Å². The molecule has 1 aromatic heterocycles. The Hall–Kier alpha value is -1.98. The first-order valence-corrected chi connectivity index (χ1v) is 7.87. The quantitative estimate of drug-likeness (QED) is 0.787. The van der Waals surface area contributed by atoms with Crippen molar-refractivity contribution in [3.63, 3.8) is 0 Å². The van der Waals surface area contributed by atoms with Gasteiger partial charge >= 0.3 is 0 Å². The van der Waals surface area contributed by atoms with E-state index in [-0.39, 0.29) is 5.91 Å². The molecule has 1 aliphatic heterocycles. The van der Waals surface area contributed by atoms with Crippen LogP contribution in [0, 0.1) is 0 Å². The Balaban J connectivity index is 1.98. The van der Waals surface area contributed by atoms with Crippen LogP contribution >= 0.6 is 23.4 Å². The van der Waals surface area contributed by atoms with Crippen molar-refractivity contribution in [1.29, 1.82) is 0 Å². The first kappa shape index (κ1) is 14.9. The fourth-order valence-electron chi connectivity index (χ4n) is 2.23. The van der Waals surface area contributed by atoms with Crippen LogP contribution in [0.2, 0.25) is 5.02 Å². The Kier molecular flexibility index (Phi) is 4.09. The van der Waals surface area contributed by atoms with E-state index in [4.69, 9.17) is 11.6 Å². The first-order valence-electron chi connectivity index (χ1n) is 6.68. The second-order valence-corrected chi connectivity index (χ2v) is 6.21. The Labute approximate surface area is 138 Å². The third-order valence-electron chi connectivity index (χ3n) is 3.36. The number of carbonyl (C=O) groups is 1. The molecule has 3 rings (SSSR count). The highest BCUT2D eigenvalue weighted by Crippen LogP contribution is 2.31. The zero-order valence-electron chi connectivity index (χ0n) is 12.2. The number of benzene rings is 1. The van der Waals surface area contributed by atoms with Gasteiger partial charge in [-0.05, 0) is 54.2 Å². The predicted octanol–water partition coefficient (Wildman–Crippen LogP) is 3.66. The third-order valence-corrected chi connectivity index (χ3v) is 4.76. The molecule has 1 aliphatic rings. The molecule has 2 heterocycles. The molecule has 0 unspecified atom stereocenters. The second kappa shape index (κ2) is 6.02. The number of amidine groups is 1. The average Bonchev–Trinajstić information content (AvgIpc) is 3.08. The summed E-state index contributed by atoms with van der Waals surface area (Å²) >= 11 is 7.31. The van der Waals surface area contributed by atoms with Crippen LogP contribution in [0.3, 0.4) is 0 Å². The minimum absolute atomic E-state index is 0.0329. The standard InChI is InChI=1S/C16H14ClN3OS/c1-18-16-19(2)15(21)14(22-16)10-13-4-3-9-20(13)12-7-5-11(17)6-8-12/h3-10H,1-2H3. The van der Waals surface area contributed by atoms with Gasteiger partial charge in [0.1, 0.15) is 0 Å². The summed E-state index contributed by atoms with van der Waals surface area (Å²) in [5.41, 5.74) is 1.93. The lowest BCUT2D eigenvalue weighted by molar-refractivity contribution is -0.121. The van der Waals surface area contributed by atoms with Crippen molar-refractivity contribution in [2.24, 2.45) is 4.99 Å². The molecule has 0 bridgehead atoms. The highest BCUT2D eigenvalue weighted by atomic mass is 35.5. The van der Waals surface area contributed by atoms with Crippen LogP contribution in [0.25, 0.3) is 11.8 Å². The minimum atomic E-state index is -0.0329. The smallest absolute Gasteiger partial charge is 0.266 e. The SMILES string of the molecule is CN=C1SC(=Cc2cccn2-c2ccc(Cl)cc2)C(=O)N1C.